The quantitative estimate of drug-likeness (QED) is 0.248. The molecule has 1 amide bonds. The van der Waals surface area contributed by atoms with Crippen LogP contribution in [-0.4, -0.2) is 36.7 Å². The zero-order valence-corrected chi connectivity index (χ0v) is 18.9. The molecule has 172 valence electrons. The molecule has 10 nitrogen and oxygen atoms in total. The third-order valence-corrected chi connectivity index (χ3v) is 5.83. The number of anilines is 4. The van der Waals surface area contributed by atoms with Gasteiger partial charge in [0.15, 0.2) is 5.82 Å². The first kappa shape index (κ1) is 21.4. The fraction of sp³-hybridized carbons (Fsp3) is 0.208. The topological polar surface area (TPSA) is 140 Å². The van der Waals surface area contributed by atoms with Gasteiger partial charge in [-0.2, -0.15) is 10.1 Å². The van der Waals surface area contributed by atoms with Gasteiger partial charge in [-0.1, -0.05) is 12.1 Å². The number of carbonyl (C=O) groups is 1. The van der Waals surface area contributed by atoms with E-state index in [0.29, 0.717) is 34.6 Å². The van der Waals surface area contributed by atoms with E-state index < -0.39 is 0 Å². The Hall–Kier alpha value is -4.47. The van der Waals surface area contributed by atoms with Gasteiger partial charge in [-0.3, -0.25) is 9.48 Å². The molecular formula is C24H25N9O. The number of benzene rings is 2. The monoisotopic (exact) mass is 455 g/mol. The summed E-state index contributed by atoms with van der Waals surface area (Å²) in [6.45, 7) is 0. The van der Waals surface area contributed by atoms with Crippen molar-refractivity contribution in [1.29, 1.82) is 5.41 Å². The average Bonchev–Trinajstić information content (AvgIpc) is 3.49. The van der Waals surface area contributed by atoms with Crippen LogP contribution >= 0.6 is 0 Å². The highest BCUT2D eigenvalue weighted by Gasteiger charge is 2.29. The highest BCUT2D eigenvalue weighted by atomic mass is 16.1. The first-order valence-corrected chi connectivity index (χ1v) is 10.9. The Morgan fingerprint density at radius 1 is 1.18 bits per heavy atom. The molecule has 1 aliphatic carbocycles. The highest BCUT2D eigenvalue weighted by Crippen LogP contribution is 2.46. The van der Waals surface area contributed by atoms with Gasteiger partial charge in [0.1, 0.15) is 0 Å². The largest absolute Gasteiger partial charge is 0.398 e. The normalized spacial score (nSPS) is 13.0. The van der Waals surface area contributed by atoms with E-state index in [1.807, 2.05) is 25.2 Å². The van der Waals surface area contributed by atoms with E-state index >= 15 is 0 Å². The van der Waals surface area contributed by atoms with Crippen molar-refractivity contribution >= 4 is 35.1 Å². The number of hydrogen-bond acceptors (Lipinski definition) is 7. The smallest absolute Gasteiger partial charge is 0.255 e. The molecule has 1 fully saturated rings. The SMILES string of the molecule is Cn1cc(NC(=O)c2ccc(-c3nc(Nc4ccc(N)c(C=N)c4C4CC4)n(C)n3)cc2)cn1. The van der Waals surface area contributed by atoms with Crippen LogP contribution in [0.25, 0.3) is 11.4 Å². The van der Waals surface area contributed by atoms with Crippen molar-refractivity contribution in [2.75, 3.05) is 16.4 Å². The Balaban J connectivity index is 1.36. The van der Waals surface area contributed by atoms with E-state index in [1.54, 1.807) is 47.0 Å². The lowest BCUT2D eigenvalue weighted by Gasteiger charge is -2.15. The number of carbonyl (C=O) groups excluding carboxylic acids is 1. The third kappa shape index (κ3) is 4.13. The molecule has 5 rings (SSSR count). The summed E-state index contributed by atoms with van der Waals surface area (Å²) in [6.07, 6.45) is 6.83. The lowest BCUT2D eigenvalue weighted by atomic mass is 10.00. The fourth-order valence-corrected chi connectivity index (χ4v) is 3.93. The summed E-state index contributed by atoms with van der Waals surface area (Å²) < 4.78 is 3.30. The van der Waals surface area contributed by atoms with Crippen molar-refractivity contribution in [3.05, 3.63) is 65.5 Å². The first-order chi connectivity index (χ1) is 16.4. The molecular weight excluding hydrogens is 430 g/mol. The number of nitrogens with zero attached hydrogens (tertiary/aromatic N) is 5. The molecule has 0 aliphatic heterocycles. The molecule has 10 heteroatoms. The standard InChI is InChI=1S/C24H25N9O/c1-32-13-17(12-27-32)28-23(34)16-7-5-15(6-8-16)22-30-24(33(2)31-22)29-20-10-9-19(26)18(11-25)21(20)14-3-4-14/h5-14,25H,3-4,26H2,1-2H3,(H,28,34)(H,29,30,31). The number of aryl methyl sites for hydroxylation is 2. The highest BCUT2D eigenvalue weighted by molar-refractivity contribution is 6.04. The van der Waals surface area contributed by atoms with Gasteiger partial charge in [-0.15, -0.1) is 5.10 Å². The third-order valence-electron chi connectivity index (χ3n) is 5.83. The molecule has 0 unspecified atom stereocenters. The number of nitrogens with one attached hydrogen (secondary N) is 3. The molecule has 0 radical (unpaired) electrons. The molecule has 0 saturated heterocycles. The van der Waals surface area contributed by atoms with Crippen molar-refractivity contribution in [2.24, 2.45) is 14.1 Å². The summed E-state index contributed by atoms with van der Waals surface area (Å²) in [5, 5.41) is 22.6. The molecule has 0 bridgehead atoms. The van der Waals surface area contributed by atoms with Gasteiger partial charge in [0, 0.05) is 54.6 Å². The zero-order valence-electron chi connectivity index (χ0n) is 18.9. The molecule has 1 aliphatic rings. The van der Waals surface area contributed by atoms with Crippen LogP contribution in [0.5, 0.6) is 0 Å². The fourth-order valence-electron chi connectivity index (χ4n) is 3.93. The van der Waals surface area contributed by atoms with Gasteiger partial charge in [0.25, 0.3) is 5.91 Å². The molecule has 2 aromatic heterocycles. The van der Waals surface area contributed by atoms with Crippen molar-refractivity contribution < 1.29 is 4.79 Å². The van der Waals surface area contributed by atoms with Gasteiger partial charge in [-0.05, 0) is 48.6 Å². The number of hydrogen-bond donors (Lipinski definition) is 4. The number of amides is 1. The number of rotatable bonds is 7. The lowest BCUT2D eigenvalue weighted by Crippen LogP contribution is -2.11. The van der Waals surface area contributed by atoms with E-state index in [-0.39, 0.29) is 5.91 Å². The Labute approximate surface area is 196 Å². The number of aromatic nitrogens is 5. The van der Waals surface area contributed by atoms with E-state index in [0.717, 1.165) is 35.2 Å². The Morgan fingerprint density at radius 3 is 2.59 bits per heavy atom. The average molecular weight is 456 g/mol. The summed E-state index contributed by atoms with van der Waals surface area (Å²) in [4.78, 5) is 17.1. The van der Waals surface area contributed by atoms with E-state index in [4.69, 9.17) is 11.1 Å². The van der Waals surface area contributed by atoms with E-state index in [2.05, 4.69) is 25.8 Å². The maximum Gasteiger partial charge on any atom is 0.255 e. The summed E-state index contributed by atoms with van der Waals surface area (Å²) >= 11 is 0. The maximum atomic E-state index is 12.5. The van der Waals surface area contributed by atoms with Gasteiger partial charge < -0.3 is 21.8 Å². The Bertz CT molecular complexity index is 1380. The molecule has 4 aromatic rings. The summed E-state index contributed by atoms with van der Waals surface area (Å²) in [5.74, 6) is 1.31. The predicted molar refractivity (Wildman–Crippen MR) is 132 cm³/mol. The summed E-state index contributed by atoms with van der Waals surface area (Å²) in [7, 11) is 3.61. The van der Waals surface area contributed by atoms with Crippen LogP contribution < -0.4 is 16.4 Å². The molecule has 0 spiro atoms. The Kier molecular flexibility index (Phi) is 5.33. The Morgan fingerprint density at radius 2 is 1.94 bits per heavy atom. The van der Waals surface area contributed by atoms with Gasteiger partial charge in [-0.25, -0.2) is 4.68 Å². The van der Waals surface area contributed by atoms with Gasteiger partial charge >= 0.3 is 0 Å². The molecule has 5 N–H and O–H groups in total. The number of nitrogens with two attached hydrogens (primary N) is 1. The van der Waals surface area contributed by atoms with Crippen LogP contribution in [0.3, 0.4) is 0 Å². The van der Waals surface area contributed by atoms with Crippen molar-refractivity contribution in [3.8, 4) is 11.4 Å². The molecule has 2 aromatic carbocycles. The van der Waals surface area contributed by atoms with Crippen LogP contribution in [0.1, 0.15) is 40.2 Å². The summed E-state index contributed by atoms with van der Waals surface area (Å²) in [6, 6.07) is 10.9. The van der Waals surface area contributed by atoms with Crippen molar-refractivity contribution in [1.82, 2.24) is 24.5 Å². The molecule has 0 atom stereocenters. The summed E-state index contributed by atoms with van der Waals surface area (Å²) in [5.41, 5.74) is 11.4. The molecule has 34 heavy (non-hydrogen) atoms. The second-order valence-corrected chi connectivity index (χ2v) is 8.39. The number of nitrogen functional groups attached to an aromatic ring is 1. The van der Waals surface area contributed by atoms with Crippen LogP contribution in [0, 0.1) is 5.41 Å². The van der Waals surface area contributed by atoms with Crippen LogP contribution in [0.15, 0.2) is 48.8 Å². The van der Waals surface area contributed by atoms with E-state index in [1.165, 1.54) is 6.21 Å². The zero-order chi connectivity index (χ0) is 23.8. The van der Waals surface area contributed by atoms with Gasteiger partial charge in [0.2, 0.25) is 5.95 Å². The second-order valence-electron chi connectivity index (χ2n) is 8.39. The van der Waals surface area contributed by atoms with E-state index in [9.17, 15) is 4.79 Å². The maximum absolute atomic E-state index is 12.5. The molecule has 1 saturated carbocycles. The van der Waals surface area contributed by atoms with Gasteiger partial charge in [0.05, 0.1) is 11.9 Å². The second kappa shape index (κ2) is 8.47. The first-order valence-electron chi connectivity index (χ1n) is 10.9. The predicted octanol–water partition coefficient (Wildman–Crippen LogP) is 3.67. The van der Waals surface area contributed by atoms with Crippen molar-refractivity contribution in [3.63, 3.8) is 0 Å². The van der Waals surface area contributed by atoms with Crippen LogP contribution in [0.4, 0.5) is 23.0 Å². The molecule has 2 heterocycles. The lowest BCUT2D eigenvalue weighted by molar-refractivity contribution is 0.102. The minimum Gasteiger partial charge on any atom is -0.398 e. The minimum atomic E-state index is -0.214. The van der Waals surface area contributed by atoms with Crippen molar-refractivity contribution in [2.45, 2.75) is 18.8 Å². The van der Waals surface area contributed by atoms with Crippen LogP contribution in [-0.2, 0) is 14.1 Å². The minimum absolute atomic E-state index is 0.214. The van der Waals surface area contributed by atoms with Crippen LogP contribution in [0.2, 0.25) is 0 Å².